The van der Waals surface area contributed by atoms with Gasteiger partial charge in [-0.2, -0.15) is 0 Å². The fraction of sp³-hybridized carbons (Fsp3) is 0.647. The van der Waals surface area contributed by atoms with Crippen LogP contribution in [-0.2, 0) is 5.60 Å². The van der Waals surface area contributed by atoms with Crippen molar-refractivity contribution in [3.63, 3.8) is 0 Å². The highest BCUT2D eigenvalue weighted by Gasteiger charge is 2.48. The summed E-state index contributed by atoms with van der Waals surface area (Å²) in [6, 6.07) is 7.53. The maximum atomic E-state index is 11.2. The third kappa shape index (κ3) is 2.74. The molecule has 3 N–H and O–H groups in total. The predicted octanol–water partition coefficient (Wildman–Crippen LogP) is 4.09. The van der Waals surface area contributed by atoms with Gasteiger partial charge >= 0.3 is 0 Å². The Bertz CT molecular complexity index is 433. The molecule has 0 spiro atoms. The number of rotatable bonds is 4. The van der Waals surface area contributed by atoms with Crippen molar-refractivity contribution in [2.24, 2.45) is 17.1 Å². The average Bonchev–Trinajstić information content (AvgIpc) is 2.47. The van der Waals surface area contributed by atoms with Gasteiger partial charge in [0.1, 0.15) is 0 Å². The quantitative estimate of drug-likeness (QED) is 0.879. The van der Waals surface area contributed by atoms with Crippen LogP contribution in [0.5, 0.6) is 0 Å². The Hall–Kier alpha value is -0.570. The fourth-order valence-electron chi connectivity index (χ4n) is 3.61. The molecule has 1 aliphatic rings. The molecule has 1 unspecified atom stereocenters. The van der Waals surface area contributed by atoms with Gasteiger partial charge in [0.2, 0.25) is 0 Å². The Morgan fingerprint density at radius 1 is 1.30 bits per heavy atom. The van der Waals surface area contributed by atoms with Crippen LogP contribution in [-0.4, -0.2) is 11.7 Å². The number of hydrogen-bond acceptors (Lipinski definition) is 2. The van der Waals surface area contributed by atoms with Crippen molar-refractivity contribution in [1.29, 1.82) is 0 Å². The van der Waals surface area contributed by atoms with Gasteiger partial charge in [-0.05, 0) is 56.2 Å². The van der Waals surface area contributed by atoms with Gasteiger partial charge < -0.3 is 10.8 Å². The number of halogens is 1. The molecule has 2 nitrogen and oxygen atoms in total. The Balaban J connectivity index is 2.27. The van der Waals surface area contributed by atoms with Crippen molar-refractivity contribution in [3.05, 3.63) is 34.9 Å². The van der Waals surface area contributed by atoms with Crippen LogP contribution in [0.4, 0.5) is 0 Å². The third-order valence-electron chi connectivity index (χ3n) is 5.47. The predicted molar refractivity (Wildman–Crippen MR) is 84.8 cm³/mol. The smallest absolute Gasteiger partial charge is 0.0936 e. The first-order valence-electron chi connectivity index (χ1n) is 7.63. The second kappa shape index (κ2) is 6.05. The van der Waals surface area contributed by atoms with E-state index in [0.717, 1.165) is 37.2 Å². The normalized spacial score (nSPS) is 29.9. The van der Waals surface area contributed by atoms with Crippen LogP contribution in [0.2, 0.25) is 5.02 Å². The minimum atomic E-state index is -0.898. The van der Waals surface area contributed by atoms with E-state index in [-0.39, 0.29) is 5.41 Å². The molecule has 0 saturated heterocycles. The third-order valence-corrected chi connectivity index (χ3v) is 5.72. The van der Waals surface area contributed by atoms with Crippen LogP contribution in [0.1, 0.15) is 51.5 Å². The minimum absolute atomic E-state index is 0.216. The van der Waals surface area contributed by atoms with E-state index < -0.39 is 5.60 Å². The molecule has 20 heavy (non-hydrogen) atoms. The van der Waals surface area contributed by atoms with E-state index in [1.165, 1.54) is 6.42 Å². The van der Waals surface area contributed by atoms with Gasteiger partial charge in [-0.15, -0.1) is 0 Å². The maximum Gasteiger partial charge on any atom is 0.0936 e. The zero-order chi connectivity index (χ0) is 14.8. The molecule has 1 aromatic rings. The number of hydrogen-bond donors (Lipinski definition) is 2. The Kier molecular flexibility index (Phi) is 4.78. The van der Waals surface area contributed by atoms with Crippen LogP contribution in [0.3, 0.4) is 0 Å². The molecule has 0 aliphatic heterocycles. The Labute approximate surface area is 127 Å². The van der Waals surface area contributed by atoms with Gasteiger partial charge in [0.05, 0.1) is 5.60 Å². The van der Waals surface area contributed by atoms with Gasteiger partial charge in [0, 0.05) is 17.0 Å². The molecular formula is C17H26ClNO. The van der Waals surface area contributed by atoms with Crippen LogP contribution >= 0.6 is 11.6 Å². The number of nitrogens with two attached hydrogens (primary N) is 1. The Morgan fingerprint density at radius 3 is 2.30 bits per heavy atom. The highest BCUT2D eigenvalue weighted by molar-refractivity contribution is 6.30. The Morgan fingerprint density at radius 2 is 1.85 bits per heavy atom. The number of aliphatic hydroxyl groups is 1. The molecule has 1 fully saturated rings. The van der Waals surface area contributed by atoms with Gasteiger partial charge in [0.25, 0.3) is 0 Å². The van der Waals surface area contributed by atoms with Crippen LogP contribution in [0, 0.1) is 11.3 Å². The van der Waals surface area contributed by atoms with E-state index in [1.54, 1.807) is 0 Å². The topological polar surface area (TPSA) is 46.2 Å². The standard InChI is InChI=1S/C17H26ClNO/c1-3-13-8-10-17(12-19,11-9-13)16(2,20)14-4-6-15(18)7-5-14/h4-7,13,20H,3,8-12,19H2,1-2H3. The van der Waals surface area contributed by atoms with Crippen molar-refractivity contribution in [2.45, 2.75) is 51.6 Å². The second-order valence-electron chi connectivity index (χ2n) is 6.42. The summed E-state index contributed by atoms with van der Waals surface area (Å²) in [7, 11) is 0. The molecule has 1 aromatic carbocycles. The molecule has 3 heteroatoms. The SMILES string of the molecule is CCC1CCC(CN)(C(C)(O)c2ccc(Cl)cc2)CC1. The van der Waals surface area contributed by atoms with E-state index in [9.17, 15) is 5.11 Å². The van der Waals surface area contributed by atoms with Gasteiger partial charge in [-0.1, -0.05) is 37.1 Å². The van der Waals surface area contributed by atoms with Gasteiger partial charge in [-0.25, -0.2) is 0 Å². The molecule has 0 radical (unpaired) electrons. The molecular weight excluding hydrogens is 270 g/mol. The van der Waals surface area contributed by atoms with Gasteiger partial charge in [0.15, 0.2) is 0 Å². The summed E-state index contributed by atoms with van der Waals surface area (Å²) in [4.78, 5) is 0. The van der Waals surface area contributed by atoms with Crippen molar-refractivity contribution in [1.82, 2.24) is 0 Å². The highest BCUT2D eigenvalue weighted by Crippen LogP contribution is 2.50. The first-order valence-corrected chi connectivity index (χ1v) is 8.01. The first kappa shape index (κ1) is 15.8. The van der Waals surface area contributed by atoms with Crippen LogP contribution in [0.25, 0.3) is 0 Å². The largest absolute Gasteiger partial charge is 0.385 e. The average molecular weight is 296 g/mol. The maximum absolute atomic E-state index is 11.2. The molecule has 0 heterocycles. The molecule has 0 aromatic heterocycles. The summed E-state index contributed by atoms with van der Waals surface area (Å²) in [6.45, 7) is 4.69. The van der Waals surface area contributed by atoms with E-state index in [0.29, 0.717) is 11.6 Å². The fourth-order valence-corrected chi connectivity index (χ4v) is 3.73. The molecule has 0 bridgehead atoms. The summed E-state index contributed by atoms with van der Waals surface area (Å²) in [6.07, 6.45) is 5.55. The second-order valence-corrected chi connectivity index (χ2v) is 6.85. The summed E-state index contributed by atoms with van der Waals surface area (Å²) in [5.41, 5.74) is 5.90. The van der Waals surface area contributed by atoms with Crippen LogP contribution in [0.15, 0.2) is 24.3 Å². The summed E-state index contributed by atoms with van der Waals surface area (Å²) in [5, 5.41) is 11.9. The first-order chi connectivity index (χ1) is 9.45. The lowest BCUT2D eigenvalue weighted by atomic mass is 9.59. The minimum Gasteiger partial charge on any atom is -0.385 e. The summed E-state index contributed by atoms with van der Waals surface area (Å²) in [5.74, 6) is 0.788. The lowest BCUT2D eigenvalue weighted by molar-refractivity contribution is -0.0981. The van der Waals surface area contributed by atoms with Crippen molar-refractivity contribution in [3.8, 4) is 0 Å². The van der Waals surface area contributed by atoms with Crippen molar-refractivity contribution in [2.75, 3.05) is 6.54 Å². The van der Waals surface area contributed by atoms with Gasteiger partial charge in [-0.3, -0.25) is 0 Å². The van der Waals surface area contributed by atoms with Crippen molar-refractivity contribution < 1.29 is 5.11 Å². The molecule has 0 amide bonds. The van der Waals surface area contributed by atoms with E-state index in [2.05, 4.69) is 6.92 Å². The molecule has 1 atom stereocenters. The van der Waals surface area contributed by atoms with Crippen LogP contribution < -0.4 is 5.73 Å². The van der Waals surface area contributed by atoms with E-state index in [1.807, 2.05) is 31.2 Å². The summed E-state index contributed by atoms with van der Waals surface area (Å²) >= 11 is 5.95. The summed E-state index contributed by atoms with van der Waals surface area (Å²) < 4.78 is 0. The van der Waals surface area contributed by atoms with E-state index >= 15 is 0 Å². The lowest BCUT2D eigenvalue weighted by Gasteiger charge is -2.49. The lowest BCUT2D eigenvalue weighted by Crippen LogP contribution is -2.50. The monoisotopic (exact) mass is 295 g/mol. The molecule has 1 aliphatic carbocycles. The molecule has 112 valence electrons. The highest BCUT2D eigenvalue weighted by atomic mass is 35.5. The van der Waals surface area contributed by atoms with E-state index in [4.69, 9.17) is 17.3 Å². The molecule has 2 rings (SSSR count). The van der Waals surface area contributed by atoms with Crippen molar-refractivity contribution >= 4 is 11.6 Å². The number of benzene rings is 1. The zero-order valence-electron chi connectivity index (χ0n) is 12.5. The molecule has 1 saturated carbocycles. The zero-order valence-corrected chi connectivity index (χ0v) is 13.3.